The molecule has 0 unspecified atom stereocenters. The van der Waals surface area contributed by atoms with Gasteiger partial charge in [-0.1, -0.05) is 0 Å². The number of thiophene rings is 1. The quantitative estimate of drug-likeness (QED) is 0.585. The van der Waals surface area contributed by atoms with Gasteiger partial charge in [-0.3, -0.25) is 0 Å². The average molecular weight is 148 g/mol. The van der Waals surface area contributed by atoms with Gasteiger partial charge in [0.05, 0.1) is 11.1 Å². The van der Waals surface area contributed by atoms with Crippen LogP contribution in [0, 0.1) is 5.38 Å². The predicted molar refractivity (Wildman–Crippen MR) is 42.5 cm³/mol. The van der Waals surface area contributed by atoms with E-state index in [9.17, 15) is 0 Å². The van der Waals surface area contributed by atoms with Gasteiger partial charge in [0.25, 0.3) is 0 Å². The van der Waals surface area contributed by atoms with E-state index >= 15 is 0 Å². The van der Waals surface area contributed by atoms with E-state index in [1.54, 1.807) is 11.3 Å². The third kappa shape index (κ3) is 0.866. The topological polar surface area (TPSA) is 4.93 Å². The summed E-state index contributed by atoms with van der Waals surface area (Å²) < 4.78 is 2.04. The van der Waals surface area contributed by atoms with Crippen LogP contribution in [0.25, 0.3) is 5.69 Å². The Morgan fingerprint density at radius 2 is 2.10 bits per heavy atom. The van der Waals surface area contributed by atoms with Gasteiger partial charge in [0.2, 0.25) is 0 Å². The molecule has 2 aromatic rings. The second kappa shape index (κ2) is 2.31. The Morgan fingerprint density at radius 3 is 2.70 bits per heavy atom. The molecule has 0 fully saturated rings. The van der Waals surface area contributed by atoms with Gasteiger partial charge in [0, 0.05) is 12.4 Å². The molecule has 2 aromatic heterocycles. The molecule has 0 N–H and O–H groups in total. The lowest BCUT2D eigenvalue weighted by molar-refractivity contribution is 1.09. The fourth-order valence-electron chi connectivity index (χ4n) is 0.861. The van der Waals surface area contributed by atoms with Crippen molar-refractivity contribution in [1.29, 1.82) is 0 Å². The zero-order valence-electron chi connectivity index (χ0n) is 5.32. The summed E-state index contributed by atoms with van der Waals surface area (Å²) >= 11 is 1.59. The van der Waals surface area contributed by atoms with Crippen LogP contribution in [0.3, 0.4) is 0 Å². The molecule has 2 heteroatoms. The molecule has 1 nitrogen and oxygen atoms in total. The van der Waals surface area contributed by atoms with E-state index in [1.807, 2.05) is 40.5 Å². The van der Waals surface area contributed by atoms with Gasteiger partial charge >= 0.3 is 0 Å². The standard InChI is InChI=1S/C8H6NS/c1-2-5-9(4-1)8-3-6-10-7-8/h1-6H. The summed E-state index contributed by atoms with van der Waals surface area (Å²) in [6.07, 6.45) is 4.02. The first-order chi connectivity index (χ1) is 4.97. The van der Waals surface area contributed by atoms with E-state index in [1.165, 1.54) is 0 Å². The van der Waals surface area contributed by atoms with Crippen LogP contribution in [0.5, 0.6) is 0 Å². The molecule has 0 aromatic carbocycles. The maximum absolute atomic E-state index is 3.14. The van der Waals surface area contributed by atoms with Crippen LogP contribution in [-0.4, -0.2) is 4.57 Å². The van der Waals surface area contributed by atoms with E-state index in [2.05, 4.69) is 5.38 Å². The summed E-state index contributed by atoms with van der Waals surface area (Å²) in [7, 11) is 0. The van der Waals surface area contributed by atoms with Crippen molar-refractivity contribution in [2.45, 2.75) is 0 Å². The Balaban J connectivity index is 2.48. The second-order valence-corrected chi connectivity index (χ2v) is 2.71. The summed E-state index contributed by atoms with van der Waals surface area (Å²) in [5.74, 6) is 0. The Kier molecular flexibility index (Phi) is 1.32. The smallest absolute Gasteiger partial charge is 0.0704 e. The molecule has 0 aliphatic carbocycles. The Bertz CT molecular complexity index is 249. The number of nitrogens with zero attached hydrogens (tertiary/aromatic N) is 1. The molecule has 0 saturated carbocycles. The summed E-state index contributed by atoms with van der Waals surface area (Å²) in [5, 5.41) is 5.17. The highest BCUT2D eigenvalue weighted by molar-refractivity contribution is 7.07. The highest BCUT2D eigenvalue weighted by Crippen LogP contribution is 2.10. The predicted octanol–water partition coefficient (Wildman–Crippen LogP) is 2.34. The maximum Gasteiger partial charge on any atom is 0.0704 e. The first-order valence-corrected chi connectivity index (χ1v) is 3.93. The van der Waals surface area contributed by atoms with E-state index in [0.29, 0.717) is 0 Å². The van der Waals surface area contributed by atoms with Crippen LogP contribution in [0.4, 0.5) is 0 Å². The lowest BCUT2D eigenvalue weighted by Gasteiger charge is -1.93. The van der Waals surface area contributed by atoms with Crippen LogP contribution < -0.4 is 0 Å². The van der Waals surface area contributed by atoms with Crippen molar-refractivity contribution < 1.29 is 0 Å². The van der Waals surface area contributed by atoms with Gasteiger partial charge in [-0.25, -0.2) is 0 Å². The normalized spacial score (nSPS) is 10.0. The lowest BCUT2D eigenvalue weighted by atomic mass is 10.5. The molecule has 0 aliphatic rings. The summed E-state index contributed by atoms with van der Waals surface area (Å²) in [6, 6.07) is 6.06. The minimum Gasteiger partial charge on any atom is -0.322 e. The van der Waals surface area contributed by atoms with Crippen LogP contribution in [0.2, 0.25) is 0 Å². The van der Waals surface area contributed by atoms with Gasteiger partial charge in [-0.2, -0.15) is 0 Å². The van der Waals surface area contributed by atoms with Crippen molar-refractivity contribution in [3.05, 3.63) is 41.4 Å². The minimum absolute atomic E-state index is 1.12. The van der Waals surface area contributed by atoms with Crippen LogP contribution in [-0.2, 0) is 0 Å². The van der Waals surface area contributed by atoms with Gasteiger partial charge in [-0.05, 0) is 23.6 Å². The summed E-state index contributed by atoms with van der Waals surface area (Å²) in [6.45, 7) is 0. The van der Waals surface area contributed by atoms with Crippen molar-refractivity contribution >= 4 is 11.3 Å². The molecule has 0 saturated heterocycles. The summed E-state index contributed by atoms with van der Waals surface area (Å²) in [4.78, 5) is 0. The van der Waals surface area contributed by atoms with Crippen LogP contribution in [0.15, 0.2) is 36.0 Å². The molecule has 2 heterocycles. The summed E-state index contributed by atoms with van der Waals surface area (Å²) in [5.41, 5.74) is 1.12. The van der Waals surface area contributed by atoms with E-state index in [4.69, 9.17) is 0 Å². The lowest BCUT2D eigenvalue weighted by Crippen LogP contribution is -1.83. The molecule has 0 atom stereocenters. The molecule has 0 amide bonds. The van der Waals surface area contributed by atoms with Crippen molar-refractivity contribution in [3.63, 3.8) is 0 Å². The fraction of sp³-hybridized carbons (Fsp3) is 0. The van der Waals surface area contributed by atoms with Crippen molar-refractivity contribution in [2.75, 3.05) is 0 Å². The minimum atomic E-state index is 1.12. The van der Waals surface area contributed by atoms with E-state index in [-0.39, 0.29) is 0 Å². The molecular formula is C8H6NS. The zero-order chi connectivity index (χ0) is 6.81. The van der Waals surface area contributed by atoms with Gasteiger partial charge in [0.1, 0.15) is 0 Å². The van der Waals surface area contributed by atoms with Crippen molar-refractivity contribution in [1.82, 2.24) is 4.57 Å². The zero-order valence-corrected chi connectivity index (χ0v) is 6.14. The first kappa shape index (κ1) is 5.74. The molecule has 0 spiro atoms. The molecule has 10 heavy (non-hydrogen) atoms. The Morgan fingerprint density at radius 1 is 1.30 bits per heavy atom. The van der Waals surface area contributed by atoms with Gasteiger partial charge in [0.15, 0.2) is 0 Å². The van der Waals surface area contributed by atoms with Crippen LogP contribution in [0.1, 0.15) is 0 Å². The highest BCUT2D eigenvalue weighted by atomic mass is 32.1. The number of hydrogen-bond donors (Lipinski definition) is 0. The molecule has 0 bridgehead atoms. The molecule has 49 valence electrons. The average Bonchev–Trinajstić information content (AvgIpc) is 2.59. The van der Waals surface area contributed by atoms with Gasteiger partial charge < -0.3 is 4.57 Å². The van der Waals surface area contributed by atoms with Crippen molar-refractivity contribution in [3.8, 4) is 5.69 Å². The van der Waals surface area contributed by atoms with Gasteiger partial charge in [-0.15, -0.1) is 11.3 Å². The highest BCUT2D eigenvalue weighted by Gasteiger charge is 1.91. The Labute approximate surface area is 63.5 Å². The molecular weight excluding hydrogens is 142 g/mol. The third-order valence-corrected chi connectivity index (χ3v) is 1.94. The second-order valence-electron chi connectivity index (χ2n) is 2.00. The number of rotatable bonds is 1. The number of aromatic nitrogens is 1. The SMILES string of the molecule is [c]1sccc1-n1cccc1. The van der Waals surface area contributed by atoms with E-state index < -0.39 is 0 Å². The monoisotopic (exact) mass is 148 g/mol. The van der Waals surface area contributed by atoms with Crippen molar-refractivity contribution in [2.24, 2.45) is 0 Å². The van der Waals surface area contributed by atoms with E-state index in [0.717, 1.165) is 5.69 Å². The largest absolute Gasteiger partial charge is 0.322 e. The fourth-order valence-corrected chi connectivity index (χ4v) is 1.42. The maximum atomic E-state index is 3.14. The van der Waals surface area contributed by atoms with Crippen LogP contribution >= 0.6 is 11.3 Å². The molecule has 0 aliphatic heterocycles. The third-order valence-electron chi connectivity index (χ3n) is 1.34. The first-order valence-electron chi connectivity index (χ1n) is 3.05. The molecule has 2 rings (SSSR count). The Hall–Kier alpha value is -1.02. The molecule has 1 radical (unpaired) electrons. The number of hydrogen-bond acceptors (Lipinski definition) is 1.